The van der Waals surface area contributed by atoms with E-state index in [4.69, 9.17) is 31.9 Å². The van der Waals surface area contributed by atoms with E-state index < -0.39 is 11.6 Å². The Morgan fingerprint density at radius 1 is 1.17 bits per heavy atom. The number of likely N-dealkylation sites (tertiary alicyclic amines) is 1. The normalized spacial score (nSPS) is 16.6. The Morgan fingerprint density at radius 3 is 2.61 bits per heavy atom. The van der Waals surface area contributed by atoms with Crippen LogP contribution < -0.4 is 20.1 Å². The number of carbonyl (C=O) groups is 3. The van der Waals surface area contributed by atoms with Gasteiger partial charge in [-0.25, -0.2) is 4.98 Å². The van der Waals surface area contributed by atoms with E-state index in [1.807, 2.05) is 12.1 Å². The van der Waals surface area contributed by atoms with Crippen molar-refractivity contribution in [2.45, 2.75) is 44.8 Å². The summed E-state index contributed by atoms with van der Waals surface area (Å²) in [5.41, 5.74) is 8.05. The molecule has 5 rings (SSSR count). The number of para-hydroxylation sites is 1. The molecule has 2 aliphatic rings. The van der Waals surface area contributed by atoms with E-state index >= 15 is 0 Å². The van der Waals surface area contributed by atoms with Crippen molar-refractivity contribution in [1.82, 2.24) is 9.88 Å². The number of aromatic nitrogens is 1. The molecule has 0 bridgehead atoms. The number of nitrogen functional groups attached to an aromatic ring is 1. The van der Waals surface area contributed by atoms with Crippen molar-refractivity contribution in [3.8, 4) is 22.8 Å². The van der Waals surface area contributed by atoms with Crippen LogP contribution in [0.15, 0.2) is 54.7 Å². The number of halogens is 1. The first-order chi connectivity index (χ1) is 19.5. The first-order valence-corrected chi connectivity index (χ1v) is 13.7. The molecule has 0 atom stereocenters. The topological polar surface area (TPSA) is 135 Å². The summed E-state index contributed by atoms with van der Waals surface area (Å²) in [6.45, 7) is 4.36. The maximum absolute atomic E-state index is 13.5. The van der Waals surface area contributed by atoms with E-state index in [0.717, 1.165) is 11.1 Å². The Labute approximate surface area is 242 Å². The highest BCUT2D eigenvalue weighted by Crippen LogP contribution is 2.40. The fraction of sp³-hybridized carbons (Fsp3) is 0.333. The van der Waals surface area contributed by atoms with Gasteiger partial charge in [-0.05, 0) is 56.5 Å². The number of carbonyl (C=O) groups excluding carboxylic acids is 2. The lowest BCUT2D eigenvalue weighted by Crippen LogP contribution is -2.58. The van der Waals surface area contributed by atoms with Gasteiger partial charge in [-0.2, -0.15) is 0 Å². The molecule has 0 spiro atoms. The molecule has 0 aliphatic carbocycles. The van der Waals surface area contributed by atoms with E-state index in [1.165, 1.54) is 6.20 Å². The molecular weight excluding hydrogens is 548 g/mol. The molecule has 2 aromatic carbocycles. The molecule has 3 aromatic rings. The number of anilines is 2. The molecular formula is C30H31ClN4O6. The molecule has 11 heteroatoms. The third-order valence-electron chi connectivity index (χ3n) is 7.31. The number of piperidine rings is 1. The van der Waals surface area contributed by atoms with Crippen molar-refractivity contribution in [3.05, 3.63) is 65.3 Å². The maximum atomic E-state index is 13.5. The summed E-state index contributed by atoms with van der Waals surface area (Å²) in [7, 11) is 0. The molecule has 0 unspecified atom stereocenters. The van der Waals surface area contributed by atoms with Crippen LogP contribution in [0.25, 0.3) is 11.1 Å². The number of amides is 2. The molecule has 3 heterocycles. The summed E-state index contributed by atoms with van der Waals surface area (Å²) in [5.74, 6) is -0.402. The summed E-state index contributed by atoms with van der Waals surface area (Å²) in [6.07, 6.45) is 2.51. The molecule has 10 nitrogen and oxygen atoms in total. The van der Waals surface area contributed by atoms with Crippen LogP contribution in [0, 0.1) is 0 Å². The largest absolute Gasteiger partial charge is 0.492 e. The van der Waals surface area contributed by atoms with Crippen LogP contribution in [0.5, 0.6) is 11.6 Å². The van der Waals surface area contributed by atoms with Crippen LogP contribution in [-0.4, -0.2) is 64.1 Å². The summed E-state index contributed by atoms with van der Waals surface area (Å²) < 4.78 is 11.5. The molecule has 2 amide bonds. The number of rotatable bonds is 7. The van der Waals surface area contributed by atoms with Crippen LogP contribution in [0.2, 0.25) is 5.02 Å². The van der Waals surface area contributed by atoms with Gasteiger partial charge in [0.15, 0.2) is 5.60 Å². The van der Waals surface area contributed by atoms with Gasteiger partial charge in [-0.15, -0.1) is 0 Å². The van der Waals surface area contributed by atoms with Crippen LogP contribution in [0.1, 0.15) is 43.5 Å². The van der Waals surface area contributed by atoms with E-state index in [1.54, 1.807) is 60.0 Å². The van der Waals surface area contributed by atoms with Gasteiger partial charge < -0.3 is 30.1 Å². The fourth-order valence-corrected chi connectivity index (χ4v) is 5.37. The number of hydrogen-bond acceptors (Lipinski definition) is 7. The van der Waals surface area contributed by atoms with Gasteiger partial charge in [0.2, 0.25) is 5.88 Å². The minimum atomic E-state index is -1.07. The van der Waals surface area contributed by atoms with Crippen molar-refractivity contribution in [2.24, 2.45) is 0 Å². The number of aliphatic carboxylic acids is 1. The Bertz CT molecular complexity index is 1500. The van der Waals surface area contributed by atoms with Gasteiger partial charge in [-0.1, -0.05) is 35.9 Å². The number of carboxylic acids is 1. The molecule has 3 N–H and O–H groups in total. The summed E-state index contributed by atoms with van der Waals surface area (Å²) in [4.78, 5) is 45.4. The van der Waals surface area contributed by atoms with Crippen LogP contribution >= 0.6 is 11.6 Å². The molecule has 1 saturated heterocycles. The lowest BCUT2D eigenvalue weighted by molar-refractivity contribution is -0.137. The van der Waals surface area contributed by atoms with Gasteiger partial charge >= 0.3 is 5.97 Å². The SMILES string of the molecule is CC1(C)Oc2ncc(Cl)cc2N(C2CCN(C(=O)c3ccc(-c4ccccc4OCCC(=O)O)cc3N)CC2)C1=O. The molecule has 0 saturated carbocycles. The summed E-state index contributed by atoms with van der Waals surface area (Å²) >= 11 is 6.19. The number of ether oxygens (including phenoxy) is 2. The van der Waals surface area contributed by atoms with E-state index in [-0.39, 0.29) is 30.9 Å². The minimum absolute atomic E-state index is 0.0387. The van der Waals surface area contributed by atoms with Gasteiger partial charge in [-0.3, -0.25) is 14.4 Å². The molecule has 41 heavy (non-hydrogen) atoms. The smallest absolute Gasteiger partial charge is 0.306 e. The average molecular weight is 579 g/mol. The monoisotopic (exact) mass is 578 g/mol. The van der Waals surface area contributed by atoms with E-state index in [9.17, 15) is 14.4 Å². The zero-order valence-electron chi connectivity index (χ0n) is 22.8. The summed E-state index contributed by atoms with van der Waals surface area (Å²) in [5, 5.41) is 9.31. The zero-order chi connectivity index (χ0) is 29.3. The van der Waals surface area contributed by atoms with E-state index in [2.05, 4.69) is 4.98 Å². The average Bonchev–Trinajstić information content (AvgIpc) is 2.94. The third-order valence-corrected chi connectivity index (χ3v) is 7.52. The second-order valence-corrected chi connectivity index (χ2v) is 11.0. The lowest BCUT2D eigenvalue weighted by Gasteiger charge is -2.44. The van der Waals surface area contributed by atoms with Crippen LogP contribution in [-0.2, 0) is 9.59 Å². The fourth-order valence-electron chi connectivity index (χ4n) is 5.22. The molecule has 1 aromatic heterocycles. The Morgan fingerprint density at radius 2 is 1.90 bits per heavy atom. The third kappa shape index (κ3) is 5.78. The number of fused-ring (bicyclic) bond motifs is 1. The second kappa shape index (κ2) is 11.3. The number of nitrogens with zero attached hydrogens (tertiary/aromatic N) is 3. The maximum Gasteiger partial charge on any atom is 0.306 e. The first-order valence-electron chi connectivity index (χ1n) is 13.4. The predicted molar refractivity (Wildman–Crippen MR) is 154 cm³/mol. The number of nitrogens with two attached hydrogens (primary N) is 1. The highest BCUT2D eigenvalue weighted by Gasteiger charge is 2.45. The van der Waals surface area contributed by atoms with Crippen molar-refractivity contribution in [1.29, 1.82) is 0 Å². The first kappa shape index (κ1) is 28.2. The summed E-state index contributed by atoms with van der Waals surface area (Å²) in [6, 6.07) is 14.0. The second-order valence-electron chi connectivity index (χ2n) is 10.6. The van der Waals surface area contributed by atoms with Crippen molar-refractivity contribution < 1.29 is 29.0 Å². The Balaban J connectivity index is 1.29. The van der Waals surface area contributed by atoms with Gasteiger partial charge in [0, 0.05) is 36.6 Å². The van der Waals surface area contributed by atoms with E-state index in [0.29, 0.717) is 59.5 Å². The predicted octanol–water partition coefficient (Wildman–Crippen LogP) is 4.65. The number of carboxylic acid groups (broad SMARTS) is 1. The van der Waals surface area contributed by atoms with Crippen molar-refractivity contribution in [2.75, 3.05) is 30.3 Å². The zero-order valence-corrected chi connectivity index (χ0v) is 23.6. The van der Waals surface area contributed by atoms with Gasteiger partial charge in [0.25, 0.3) is 11.8 Å². The van der Waals surface area contributed by atoms with Gasteiger partial charge in [0.05, 0.1) is 23.6 Å². The number of benzene rings is 2. The standard InChI is InChI=1S/C30H31ClN4O6/c1-30(2)29(39)35(24-16-19(31)17-33-27(24)41-30)20-9-12-34(13-10-20)28(38)22-8-7-18(15-23(22)32)21-5-3-4-6-25(21)40-14-11-26(36)37/h3-8,15-17,20H,9-14,32H2,1-2H3,(H,36,37). The Hall–Kier alpha value is -4.31. The number of hydrogen-bond donors (Lipinski definition) is 2. The quantitative estimate of drug-likeness (QED) is 0.387. The van der Waals surface area contributed by atoms with Crippen molar-refractivity contribution in [3.63, 3.8) is 0 Å². The van der Waals surface area contributed by atoms with Gasteiger partial charge in [0.1, 0.15) is 11.4 Å². The number of pyridine rings is 1. The minimum Gasteiger partial charge on any atom is -0.492 e. The highest BCUT2D eigenvalue weighted by molar-refractivity contribution is 6.31. The van der Waals surface area contributed by atoms with Crippen molar-refractivity contribution >= 4 is 40.8 Å². The molecule has 0 radical (unpaired) electrons. The molecule has 1 fully saturated rings. The lowest BCUT2D eigenvalue weighted by atomic mass is 9.96. The Kier molecular flexibility index (Phi) is 7.77. The molecule has 2 aliphatic heterocycles. The highest BCUT2D eigenvalue weighted by atomic mass is 35.5. The molecule has 214 valence electrons. The van der Waals surface area contributed by atoms with Crippen LogP contribution in [0.3, 0.4) is 0 Å². The van der Waals surface area contributed by atoms with Crippen LogP contribution in [0.4, 0.5) is 11.4 Å².